The highest BCUT2D eigenvalue weighted by molar-refractivity contribution is 5.96. The third-order valence-electron chi connectivity index (χ3n) is 5.70. The zero-order valence-corrected chi connectivity index (χ0v) is 19.0. The van der Waals surface area contributed by atoms with Gasteiger partial charge in [0.05, 0.1) is 13.7 Å². The predicted octanol–water partition coefficient (Wildman–Crippen LogP) is 3.46. The van der Waals surface area contributed by atoms with Crippen molar-refractivity contribution in [3.63, 3.8) is 0 Å². The second kappa shape index (κ2) is 9.86. The first-order chi connectivity index (χ1) is 14.8. The van der Waals surface area contributed by atoms with Gasteiger partial charge in [0.25, 0.3) is 5.91 Å². The molecule has 0 spiro atoms. The average Bonchev–Trinajstić information content (AvgIpc) is 3.03. The van der Waals surface area contributed by atoms with Gasteiger partial charge in [-0.2, -0.15) is 0 Å². The number of anilines is 1. The van der Waals surface area contributed by atoms with E-state index in [2.05, 4.69) is 31.0 Å². The molecule has 1 aliphatic heterocycles. The molecule has 1 heterocycles. The molecule has 2 amide bonds. The van der Waals surface area contributed by atoms with Gasteiger partial charge in [0.1, 0.15) is 5.75 Å². The molecule has 0 radical (unpaired) electrons. The van der Waals surface area contributed by atoms with Crippen molar-refractivity contribution < 1.29 is 14.3 Å². The molecular weight excluding hydrogens is 390 g/mol. The number of carbonyl (C=O) groups is 2. The molecule has 0 aromatic heterocycles. The van der Waals surface area contributed by atoms with Gasteiger partial charge in [-0.3, -0.25) is 9.59 Å². The minimum Gasteiger partial charge on any atom is -0.497 e. The summed E-state index contributed by atoms with van der Waals surface area (Å²) in [7, 11) is 1.66. The largest absolute Gasteiger partial charge is 0.497 e. The van der Waals surface area contributed by atoms with Gasteiger partial charge in [-0.25, -0.2) is 0 Å². The topological polar surface area (TPSA) is 61.9 Å². The Morgan fingerprint density at radius 1 is 0.935 bits per heavy atom. The summed E-state index contributed by atoms with van der Waals surface area (Å²) in [6, 6.07) is 15.6. The van der Waals surface area contributed by atoms with E-state index in [9.17, 15) is 9.59 Å². The lowest BCUT2D eigenvalue weighted by Gasteiger charge is -2.24. The summed E-state index contributed by atoms with van der Waals surface area (Å²) >= 11 is 0. The summed E-state index contributed by atoms with van der Waals surface area (Å²) in [5.74, 6) is 0.568. The smallest absolute Gasteiger partial charge is 0.251 e. The highest BCUT2D eigenvalue weighted by Crippen LogP contribution is 2.22. The van der Waals surface area contributed by atoms with Crippen LogP contribution in [0, 0.1) is 0 Å². The van der Waals surface area contributed by atoms with Gasteiger partial charge in [0.15, 0.2) is 0 Å². The second-order valence-corrected chi connectivity index (χ2v) is 8.93. The minimum absolute atomic E-state index is 0.0163. The molecule has 166 valence electrons. The Hall–Kier alpha value is -3.02. The molecule has 0 atom stereocenters. The molecular formula is C25H33N3O3. The number of hydrogen-bond acceptors (Lipinski definition) is 4. The molecule has 1 N–H and O–H groups in total. The first-order valence-electron chi connectivity index (χ1n) is 10.8. The number of benzene rings is 2. The van der Waals surface area contributed by atoms with Crippen LogP contribution in [-0.2, 0) is 10.2 Å². The Bertz CT molecular complexity index is 886. The summed E-state index contributed by atoms with van der Waals surface area (Å²) in [5, 5.41) is 2.77. The van der Waals surface area contributed by atoms with Crippen LogP contribution >= 0.6 is 0 Å². The van der Waals surface area contributed by atoms with Crippen molar-refractivity contribution in [2.24, 2.45) is 0 Å². The number of amides is 2. The van der Waals surface area contributed by atoms with Gasteiger partial charge in [0.2, 0.25) is 5.91 Å². The highest BCUT2D eigenvalue weighted by atomic mass is 16.5. The minimum atomic E-state index is -0.219. The van der Waals surface area contributed by atoms with E-state index >= 15 is 0 Å². The lowest BCUT2D eigenvalue weighted by molar-refractivity contribution is -0.129. The zero-order valence-electron chi connectivity index (χ0n) is 19.0. The van der Waals surface area contributed by atoms with Gasteiger partial charge in [-0.1, -0.05) is 32.9 Å². The van der Waals surface area contributed by atoms with Crippen LogP contribution in [0.2, 0.25) is 0 Å². The molecule has 1 fully saturated rings. The molecule has 1 aliphatic rings. The average molecular weight is 424 g/mol. The van der Waals surface area contributed by atoms with Gasteiger partial charge in [-0.05, 0) is 53.8 Å². The van der Waals surface area contributed by atoms with E-state index in [1.54, 1.807) is 7.11 Å². The number of nitrogens with one attached hydrogen (secondary N) is 1. The van der Waals surface area contributed by atoms with Gasteiger partial charge in [-0.15, -0.1) is 0 Å². The first kappa shape index (κ1) is 22.7. The van der Waals surface area contributed by atoms with Crippen LogP contribution in [0.4, 0.5) is 5.69 Å². The maximum Gasteiger partial charge on any atom is 0.251 e. The van der Waals surface area contributed by atoms with E-state index in [0.29, 0.717) is 18.7 Å². The van der Waals surface area contributed by atoms with Crippen LogP contribution in [-0.4, -0.2) is 56.5 Å². The van der Waals surface area contributed by atoms with Crippen LogP contribution in [0.3, 0.4) is 0 Å². The van der Waals surface area contributed by atoms with Crippen LogP contribution < -0.4 is 15.0 Å². The number of hydrogen-bond donors (Lipinski definition) is 1. The Morgan fingerprint density at radius 2 is 1.61 bits per heavy atom. The fourth-order valence-corrected chi connectivity index (χ4v) is 3.71. The maximum atomic E-state index is 12.7. The van der Waals surface area contributed by atoms with E-state index in [-0.39, 0.29) is 23.8 Å². The number of methoxy groups -OCH3 is 1. The molecule has 3 rings (SSSR count). The number of nitrogens with zero attached hydrogens (tertiary/aromatic N) is 2. The normalized spacial score (nSPS) is 14.7. The van der Waals surface area contributed by atoms with Crippen molar-refractivity contribution in [2.75, 3.05) is 44.7 Å². The van der Waals surface area contributed by atoms with Gasteiger partial charge >= 0.3 is 0 Å². The van der Waals surface area contributed by atoms with Gasteiger partial charge in [0, 0.05) is 37.4 Å². The predicted molar refractivity (Wildman–Crippen MR) is 124 cm³/mol. The fourth-order valence-electron chi connectivity index (χ4n) is 3.71. The lowest BCUT2D eigenvalue weighted by atomic mass is 9.87. The van der Waals surface area contributed by atoms with Crippen LogP contribution in [0.1, 0.15) is 43.1 Å². The lowest BCUT2D eigenvalue weighted by Crippen LogP contribution is -2.42. The number of ether oxygens (including phenoxy) is 1. The van der Waals surface area contributed by atoms with E-state index in [4.69, 9.17) is 4.74 Å². The Balaban J connectivity index is 1.50. The van der Waals surface area contributed by atoms with Crippen molar-refractivity contribution in [3.05, 3.63) is 59.7 Å². The van der Waals surface area contributed by atoms with Crippen molar-refractivity contribution in [2.45, 2.75) is 32.6 Å². The van der Waals surface area contributed by atoms with Crippen LogP contribution in [0.15, 0.2) is 48.5 Å². The van der Waals surface area contributed by atoms with E-state index in [0.717, 1.165) is 30.9 Å². The molecule has 2 aromatic carbocycles. The van der Waals surface area contributed by atoms with Crippen LogP contribution in [0.5, 0.6) is 5.75 Å². The molecule has 1 saturated heterocycles. The van der Waals surface area contributed by atoms with Crippen molar-refractivity contribution in [1.82, 2.24) is 10.2 Å². The fraction of sp³-hybridized carbons (Fsp3) is 0.440. The van der Waals surface area contributed by atoms with E-state index in [1.165, 1.54) is 5.56 Å². The summed E-state index contributed by atoms with van der Waals surface area (Å²) in [4.78, 5) is 29.2. The summed E-state index contributed by atoms with van der Waals surface area (Å²) in [5.41, 5.74) is 2.91. The third-order valence-corrected chi connectivity index (χ3v) is 5.70. The third kappa shape index (κ3) is 6.00. The zero-order chi connectivity index (χ0) is 22.4. The van der Waals surface area contributed by atoms with E-state index in [1.807, 2.05) is 53.4 Å². The Labute approximate surface area is 185 Å². The van der Waals surface area contributed by atoms with E-state index < -0.39 is 0 Å². The quantitative estimate of drug-likeness (QED) is 0.800. The first-order valence-corrected chi connectivity index (χ1v) is 10.8. The summed E-state index contributed by atoms with van der Waals surface area (Å²) in [6.45, 7) is 9.42. The standard InChI is InChI=1S/C25H33N3O3/c1-25(2,3)20-8-6-19(7-9-20)24(30)26-18-23(29)28-15-5-14-27(16-17-28)21-10-12-22(31-4)13-11-21/h6-13H,5,14-18H2,1-4H3,(H,26,30). The molecule has 6 heteroatoms. The Kier molecular flexibility index (Phi) is 7.21. The number of rotatable bonds is 5. The molecule has 6 nitrogen and oxygen atoms in total. The SMILES string of the molecule is COc1ccc(N2CCCN(C(=O)CNC(=O)c3ccc(C(C)(C)C)cc3)CC2)cc1. The highest BCUT2D eigenvalue weighted by Gasteiger charge is 2.20. The molecule has 0 aliphatic carbocycles. The molecule has 31 heavy (non-hydrogen) atoms. The molecule has 0 bridgehead atoms. The maximum absolute atomic E-state index is 12.7. The van der Waals surface area contributed by atoms with Crippen molar-refractivity contribution >= 4 is 17.5 Å². The number of carbonyl (C=O) groups excluding carboxylic acids is 2. The molecule has 2 aromatic rings. The van der Waals surface area contributed by atoms with Crippen molar-refractivity contribution in [1.29, 1.82) is 0 Å². The molecule has 0 unspecified atom stereocenters. The summed E-state index contributed by atoms with van der Waals surface area (Å²) in [6.07, 6.45) is 0.889. The monoisotopic (exact) mass is 423 g/mol. The van der Waals surface area contributed by atoms with Crippen LogP contribution in [0.25, 0.3) is 0 Å². The second-order valence-electron chi connectivity index (χ2n) is 8.93. The molecule has 0 saturated carbocycles. The Morgan fingerprint density at radius 3 is 2.23 bits per heavy atom. The van der Waals surface area contributed by atoms with Crippen molar-refractivity contribution in [3.8, 4) is 5.75 Å². The van der Waals surface area contributed by atoms with Gasteiger partial charge < -0.3 is 19.9 Å². The summed E-state index contributed by atoms with van der Waals surface area (Å²) < 4.78 is 5.22.